The minimum atomic E-state index is -0.102. The molecule has 0 radical (unpaired) electrons. The smallest absolute Gasteiger partial charge is 0.323 e. The molecule has 0 aromatic heterocycles. The zero-order valence-corrected chi connectivity index (χ0v) is 10.4. The average molecular weight is 229 g/mol. The van der Waals surface area contributed by atoms with Crippen LogP contribution in [-0.2, 0) is 14.3 Å². The van der Waals surface area contributed by atoms with Crippen LogP contribution in [0.5, 0.6) is 0 Å². The van der Waals surface area contributed by atoms with Gasteiger partial charge >= 0.3 is 5.97 Å². The summed E-state index contributed by atoms with van der Waals surface area (Å²) >= 11 is 0. The highest BCUT2D eigenvalue weighted by Crippen LogP contribution is 2.13. The first-order chi connectivity index (χ1) is 7.79. The molecule has 0 aromatic rings. The summed E-state index contributed by atoms with van der Waals surface area (Å²) in [6.07, 6.45) is 4.07. The molecule has 1 aliphatic heterocycles. The van der Waals surface area contributed by atoms with Crippen LogP contribution in [0, 0.1) is 0 Å². The van der Waals surface area contributed by atoms with Crippen LogP contribution in [0.3, 0.4) is 0 Å². The summed E-state index contributed by atoms with van der Waals surface area (Å²) in [4.78, 5) is 13.9. The molecule has 0 saturated carbocycles. The van der Waals surface area contributed by atoms with Crippen molar-refractivity contribution in [1.82, 2.24) is 4.90 Å². The minimum Gasteiger partial charge on any atom is -0.468 e. The Bertz CT molecular complexity index is 200. The Morgan fingerprint density at radius 2 is 2.25 bits per heavy atom. The predicted octanol–water partition coefficient (Wildman–Crippen LogP) is 1.44. The molecule has 0 N–H and O–H groups in total. The van der Waals surface area contributed by atoms with E-state index in [-0.39, 0.29) is 12.0 Å². The molecule has 4 nitrogen and oxygen atoms in total. The van der Waals surface area contributed by atoms with Gasteiger partial charge in [0.25, 0.3) is 0 Å². The number of methoxy groups -OCH3 is 1. The molecule has 1 rings (SSSR count). The van der Waals surface area contributed by atoms with Gasteiger partial charge in [-0.25, -0.2) is 0 Å². The average Bonchev–Trinajstić information content (AvgIpc) is 2.58. The van der Waals surface area contributed by atoms with Gasteiger partial charge in [-0.05, 0) is 12.8 Å². The predicted molar refractivity (Wildman–Crippen MR) is 62.3 cm³/mol. The molecule has 0 amide bonds. The van der Waals surface area contributed by atoms with Gasteiger partial charge in [-0.15, -0.1) is 0 Å². The largest absolute Gasteiger partial charge is 0.468 e. The molecule has 0 aromatic carbocycles. The summed E-state index contributed by atoms with van der Waals surface area (Å²) in [5.41, 5.74) is 0. The number of ether oxygens (including phenoxy) is 2. The summed E-state index contributed by atoms with van der Waals surface area (Å²) in [6, 6.07) is -0.0772. The Labute approximate surface area is 97.9 Å². The van der Waals surface area contributed by atoms with Gasteiger partial charge in [0.1, 0.15) is 6.04 Å². The maximum absolute atomic E-state index is 11.7. The Morgan fingerprint density at radius 3 is 2.94 bits per heavy atom. The lowest BCUT2D eigenvalue weighted by atomic mass is 10.1. The van der Waals surface area contributed by atoms with Gasteiger partial charge in [0, 0.05) is 19.7 Å². The van der Waals surface area contributed by atoms with Crippen LogP contribution in [0.1, 0.15) is 32.6 Å². The van der Waals surface area contributed by atoms with Crippen molar-refractivity contribution in [2.75, 3.05) is 33.4 Å². The fourth-order valence-electron chi connectivity index (χ4n) is 2.06. The lowest BCUT2D eigenvalue weighted by Gasteiger charge is -2.27. The molecule has 16 heavy (non-hydrogen) atoms. The van der Waals surface area contributed by atoms with Gasteiger partial charge in [0.2, 0.25) is 0 Å². The fourth-order valence-corrected chi connectivity index (χ4v) is 2.06. The Morgan fingerprint density at radius 1 is 1.44 bits per heavy atom. The molecule has 0 aliphatic carbocycles. The molecule has 94 valence electrons. The maximum atomic E-state index is 11.7. The van der Waals surface area contributed by atoms with Gasteiger partial charge in [0.05, 0.1) is 13.7 Å². The van der Waals surface area contributed by atoms with Crippen molar-refractivity contribution in [3.05, 3.63) is 0 Å². The SMILES string of the molecule is CCCCC(C(=O)OC)N1CCCOCC1. The summed E-state index contributed by atoms with van der Waals surface area (Å²) < 4.78 is 10.3. The normalized spacial score (nSPS) is 20.1. The van der Waals surface area contributed by atoms with Crippen LogP contribution < -0.4 is 0 Å². The van der Waals surface area contributed by atoms with Crippen molar-refractivity contribution >= 4 is 5.97 Å². The van der Waals surface area contributed by atoms with E-state index in [9.17, 15) is 4.79 Å². The van der Waals surface area contributed by atoms with Crippen molar-refractivity contribution in [1.29, 1.82) is 0 Å². The summed E-state index contributed by atoms with van der Waals surface area (Å²) in [7, 11) is 1.47. The van der Waals surface area contributed by atoms with Crippen molar-refractivity contribution in [3.63, 3.8) is 0 Å². The van der Waals surface area contributed by atoms with Crippen molar-refractivity contribution in [2.24, 2.45) is 0 Å². The molecule has 0 spiro atoms. The Hall–Kier alpha value is -0.610. The molecule has 1 fully saturated rings. The van der Waals surface area contributed by atoms with Crippen molar-refractivity contribution in [2.45, 2.75) is 38.6 Å². The van der Waals surface area contributed by atoms with Crippen LogP contribution in [0.4, 0.5) is 0 Å². The summed E-state index contributed by atoms with van der Waals surface area (Å²) in [5, 5.41) is 0. The van der Waals surface area contributed by atoms with E-state index in [4.69, 9.17) is 9.47 Å². The highest BCUT2D eigenvalue weighted by molar-refractivity contribution is 5.75. The second-order valence-corrected chi connectivity index (χ2v) is 4.18. The van der Waals surface area contributed by atoms with E-state index in [0.29, 0.717) is 0 Å². The zero-order valence-electron chi connectivity index (χ0n) is 10.4. The molecule has 1 heterocycles. The lowest BCUT2D eigenvalue weighted by molar-refractivity contribution is -0.147. The lowest BCUT2D eigenvalue weighted by Crippen LogP contribution is -2.43. The van der Waals surface area contributed by atoms with Crippen molar-refractivity contribution < 1.29 is 14.3 Å². The number of hydrogen-bond acceptors (Lipinski definition) is 4. The number of rotatable bonds is 5. The molecule has 1 atom stereocenters. The topological polar surface area (TPSA) is 38.8 Å². The zero-order chi connectivity index (χ0) is 11.8. The van der Waals surface area contributed by atoms with E-state index in [1.165, 1.54) is 7.11 Å². The third kappa shape index (κ3) is 4.10. The van der Waals surface area contributed by atoms with Crippen LogP contribution in [0.15, 0.2) is 0 Å². The van der Waals surface area contributed by atoms with Gasteiger partial charge in [-0.2, -0.15) is 0 Å². The molecular formula is C12H23NO3. The van der Waals surface area contributed by atoms with Crippen LogP contribution in [-0.4, -0.2) is 50.3 Å². The van der Waals surface area contributed by atoms with E-state index in [0.717, 1.165) is 52.0 Å². The minimum absolute atomic E-state index is 0.0772. The van der Waals surface area contributed by atoms with E-state index in [2.05, 4.69) is 11.8 Å². The second-order valence-electron chi connectivity index (χ2n) is 4.18. The van der Waals surface area contributed by atoms with E-state index >= 15 is 0 Å². The van der Waals surface area contributed by atoms with Gasteiger partial charge < -0.3 is 9.47 Å². The number of nitrogens with zero attached hydrogens (tertiary/aromatic N) is 1. The van der Waals surface area contributed by atoms with Gasteiger partial charge in [0.15, 0.2) is 0 Å². The highest BCUT2D eigenvalue weighted by Gasteiger charge is 2.26. The van der Waals surface area contributed by atoms with E-state index < -0.39 is 0 Å². The van der Waals surface area contributed by atoms with E-state index in [1.54, 1.807) is 0 Å². The molecule has 4 heteroatoms. The number of carbonyl (C=O) groups is 1. The standard InChI is InChI=1S/C12H23NO3/c1-3-4-6-11(12(14)15-2)13-7-5-9-16-10-8-13/h11H,3-10H2,1-2H3. The number of esters is 1. The third-order valence-corrected chi connectivity index (χ3v) is 3.00. The van der Waals surface area contributed by atoms with E-state index in [1.807, 2.05) is 0 Å². The monoisotopic (exact) mass is 229 g/mol. The molecule has 1 saturated heterocycles. The fraction of sp³-hybridized carbons (Fsp3) is 0.917. The molecule has 1 aliphatic rings. The first kappa shape index (κ1) is 13.5. The second kappa shape index (κ2) is 7.63. The molecule has 0 bridgehead atoms. The Kier molecular flexibility index (Phi) is 6.42. The van der Waals surface area contributed by atoms with Crippen LogP contribution >= 0.6 is 0 Å². The first-order valence-electron chi connectivity index (χ1n) is 6.19. The van der Waals surface area contributed by atoms with Gasteiger partial charge in [-0.3, -0.25) is 9.69 Å². The summed E-state index contributed by atoms with van der Waals surface area (Å²) in [6.45, 7) is 5.44. The molecular weight excluding hydrogens is 206 g/mol. The van der Waals surface area contributed by atoms with Crippen molar-refractivity contribution in [3.8, 4) is 0 Å². The third-order valence-electron chi connectivity index (χ3n) is 3.00. The quantitative estimate of drug-likeness (QED) is 0.669. The van der Waals surface area contributed by atoms with Crippen LogP contribution in [0.25, 0.3) is 0 Å². The Balaban J connectivity index is 2.54. The first-order valence-corrected chi connectivity index (χ1v) is 6.19. The number of hydrogen-bond donors (Lipinski definition) is 0. The molecule has 1 unspecified atom stereocenters. The summed E-state index contributed by atoms with van der Waals surface area (Å²) in [5.74, 6) is -0.102. The van der Waals surface area contributed by atoms with Crippen LogP contribution in [0.2, 0.25) is 0 Å². The maximum Gasteiger partial charge on any atom is 0.323 e. The van der Waals surface area contributed by atoms with Gasteiger partial charge in [-0.1, -0.05) is 19.8 Å². The highest BCUT2D eigenvalue weighted by atomic mass is 16.5. The number of carbonyl (C=O) groups excluding carboxylic acids is 1. The number of unbranched alkanes of at least 4 members (excludes halogenated alkanes) is 1.